The average Bonchev–Trinajstić information content (AvgIpc) is 2.54. The summed E-state index contributed by atoms with van der Waals surface area (Å²) in [5.41, 5.74) is 2.20. The minimum absolute atomic E-state index is 0.170. The van der Waals surface area contributed by atoms with E-state index in [1.54, 1.807) is 6.07 Å². The molecule has 0 unspecified atom stereocenters. The maximum absolute atomic E-state index is 12.5. The van der Waals surface area contributed by atoms with Gasteiger partial charge in [-0.25, -0.2) is 4.79 Å². The van der Waals surface area contributed by atoms with Crippen LogP contribution in [0.3, 0.4) is 0 Å². The molecule has 0 spiro atoms. The zero-order valence-electron chi connectivity index (χ0n) is 13.1. The molecule has 1 aromatic carbocycles. The lowest BCUT2D eigenvalue weighted by molar-refractivity contribution is 0.0694. The SMILES string of the molecule is CCOCCNc1cc2c3c(c1)c(=O)c(C(=O)O)cn3CCC2. The predicted octanol–water partition coefficient (Wildman–Crippen LogP) is 2.09. The second kappa shape index (κ2) is 6.42. The molecule has 1 aromatic heterocycles. The quantitative estimate of drug-likeness (QED) is 0.798. The molecule has 6 heteroatoms. The Morgan fingerprint density at radius 1 is 1.43 bits per heavy atom. The van der Waals surface area contributed by atoms with Gasteiger partial charge in [-0.15, -0.1) is 0 Å². The summed E-state index contributed by atoms with van der Waals surface area (Å²) in [5.74, 6) is -1.18. The molecule has 6 nitrogen and oxygen atoms in total. The van der Waals surface area contributed by atoms with Gasteiger partial charge < -0.3 is 19.7 Å². The van der Waals surface area contributed by atoms with Crippen molar-refractivity contribution < 1.29 is 14.6 Å². The van der Waals surface area contributed by atoms with Crippen LogP contribution in [0.1, 0.15) is 29.3 Å². The van der Waals surface area contributed by atoms with E-state index >= 15 is 0 Å². The van der Waals surface area contributed by atoms with Crippen LogP contribution in [0, 0.1) is 0 Å². The van der Waals surface area contributed by atoms with Crippen molar-refractivity contribution in [3.8, 4) is 0 Å². The van der Waals surface area contributed by atoms with Gasteiger partial charge in [0.1, 0.15) is 5.56 Å². The number of benzene rings is 1. The molecular weight excluding hydrogens is 296 g/mol. The van der Waals surface area contributed by atoms with E-state index in [4.69, 9.17) is 4.74 Å². The molecule has 0 amide bonds. The highest BCUT2D eigenvalue weighted by Crippen LogP contribution is 2.27. The number of nitrogens with zero attached hydrogens (tertiary/aromatic N) is 1. The number of ether oxygens (including phenoxy) is 1. The standard InChI is InChI=1S/C17H20N2O4/c1-2-23-7-5-18-12-8-11-4-3-6-19-10-14(17(21)22)16(20)13(9-12)15(11)19/h8-10,18H,2-7H2,1H3,(H,21,22). The number of rotatable bonds is 6. The van der Waals surface area contributed by atoms with Crippen molar-refractivity contribution in [2.24, 2.45) is 0 Å². The normalized spacial score (nSPS) is 13.3. The molecule has 3 rings (SSSR count). The van der Waals surface area contributed by atoms with Gasteiger partial charge in [-0.05, 0) is 37.5 Å². The number of hydrogen-bond acceptors (Lipinski definition) is 4. The van der Waals surface area contributed by atoms with E-state index in [2.05, 4.69) is 5.32 Å². The molecule has 1 aliphatic rings. The first-order valence-corrected chi connectivity index (χ1v) is 7.86. The van der Waals surface area contributed by atoms with Crippen LogP contribution < -0.4 is 10.7 Å². The van der Waals surface area contributed by atoms with E-state index < -0.39 is 11.4 Å². The fraction of sp³-hybridized carbons (Fsp3) is 0.412. The Labute approximate surface area is 133 Å². The van der Waals surface area contributed by atoms with Gasteiger partial charge in [-0.2, -0.15) is 0 Å². The number of hydrogen-bond donors (Lipinski definition) is 2. The first-order chi connectivity index (χ1) is 11.1. The zero-order valence-corrected chi connectivity index (χ0v) is 13.1. The van der Waals surface area contributed by atoms with Gasteiger partial charge in [-0.1, -0.05) is 0 Å². The van der Waals surface area contributed by atoms with Crippen LogP contribution in [0.5, 0.6) is 0 Å². The van der Waals surface area contributed by atoms with Crippen molar-refractivity contribution >= 4 is 22.6 Å². The number of anilines is 1. The third kappa shape index (κ3) is 2.94. The fourth-order valence-electron chi connectivity index (χ4n) is 3.10. The van der Waals surface area contributed by atoms with Crippen LogP contribution in [0.25, 0.3) is 10.9 Å². The number of carboxylic acid groups (broad SMARTS) is 1. The molecule has 122 valence electrons. The van der Waals surface area contributed by atoms with Crippen LogP contribution in [0.4, 0.5) is 5.69 Å². The number of aryl methyl sites for hydroxylation is 2. The molecular formula is C17H20N2O4. The summed E-state index contributed by atoms with van der Waals surface area (Å²) >= 11 is 0. The Kier molecular flexibility index (Phi) is 4.34. The van der Waals surface area contributed by atoms with Gasteiger partial charge in [-0.3, -0.25) is 4.79 Å². The summed E-state index contributed by atoms with van der Waals surface area (Å²) in [6.45, 7) is 4.57. The predicted molar refractivity (Wildman–Crippen MR) is 88.5 cm³/mol. The Balaban J connectivity index is 2.08. The number of nitrogens with one attached hydrogen (secondary N) is 1. The van der Waals surface area contributed by atoms with Crippen molar-refractivity contribution in [3.05, 3.63) is 39.7 Å². The molecule has 0 fully saturated rings. The van der Waals surface area contributed by atoms with Crippen LogP contribution in [0.2, 0.25) is 0 Å². The Morgan fingerprint density at radius 3 is 3.00 bits per heavy atom. The second-order valence-corrected chi connectivity index (χ2v) is 5.63. The maximum atomic E-state index is 12.5. The Bertz CT molecular complexity index is 810. The molecule has 0 aliphatic carbocycles. The molecule has 0 saturated carbocycles. The van der Waals surface area contributed by atoms with Gasteiger partial charge in [0.05, 0.1) is 12.1 Å². The number of carboxylic acids is 1. The molecule has 0 radical (unpaired) electrons. The van der Waals surface area contributed by atoms with E-state index in [0.29, 0.717) is 25.1 Å². The minimum Gasteiger partial charge on any atom is -0.477 e. The highest BCUT2D eigenvalue weighted by Gasteiger charge is 2.19. The molecule has 0 saturated heterocycles. The fourth-order valence-corrected chi connectivity index (χ4v) is 3.10. The highest BCUT2D eigenvalue weighted by atomic mass is 16.5. The van der Waals surface area contributed by atoms with Gasteiger partial charge in [0.25, 0.3) is 0 Å². The third-order valence-electron chi connectivity index (χ3n) is 4.11. The van der Waals surface area contributed by atoms with Crippen LogP contribution >= 0.6 is 0 Å². The Morgan fingerprint density at radius 2 is 2.26 bits per heavy atom. The number of pyridine rings is 1. The lowest BCUT2D eigenvalue weighted by Gasteiger charge is -2.21. The summed E-state index contributed by atoms with van der Waals surface area (Å²) in [5, 5.41) is 13.0. The van der Waals surface area contributed by atoms with Crippen LogP contribution in [-0.2, 0) is 17.7 Å². The summed E-state index contributed by atoms with van der Waals surface area (Å²) in [6, 6.07) is 3.80. The first-order valence-electron chi connectivity index (χ1n) is 7.86. The van der Waals surface area contributed by atoms with Crippen molar-refractivity contribution in [2.45, 2.75) is 26.3 Å². The molecule has 2 heterocycles. The third-order valence-corrected chi connectivity index (χ3v) is 4.11. The first kappa shape index (κ1) is 15.6. The molecule has 2 aromatic rings. The van der Waals surface area contributed by atoms with Crippen molar-refractivity contribution in [3.63, 3.8) is 0 Å². The second-order valence-electron chi connectivity index (χ2n) is 5.63. The highest BCUT2D eigenvalue weighted by molar-refractivity contribution is 5.94. The van der Waals surface area contributed by atoms with E-state index in [9.17, 15) is 14.7 Å². The van der Waals surface area contributed by atoms with Crippen molar-refractivity contribution in [1.82, 2.24) is 4.57 Å². The van der Waals surface area contributed by atoms with Gasteiger partial charge in [0.2, 0.25) is 5.43 Å². The zero-order chi connectivity index (χ0) is 16.4. The Hall–Kier alpha value is -2.34. The van der Waals surface area contributed by atoms with Gasteiger partial charge in [0.15, 0.2) is 0 Å². The maximum Gasteiger partial charge on any atom is 0.341 e. The molecule has 23 heavy (non-hydrogen) atoms. The number of carbonyl (C=O) groups is 1. The van der Waals surface area contributed by atoms with E-state index in [-0.39, 0.29) is 5.56 Å². The molecule has 0 bridgehead atoms. The topological polar surface area (TPSA) is 80.6 Å². The average molecular weight is 316 g/mol. The number of aromatic nitrogens is 1. The van der Waals surface area contributed by atoms with Crippen LogP contribution in [0.15, 0.2) is 23.1 Å². The van der Waals surface area contributed by atoms with Gasteiger partial charge in [0, 0.05) is 37.0 Å². The van der Waals surface area contributed by atoms with E-state index in [0.717, 1.165) is 36.2 Å². The van der Waals surface area contributed by atoms with E-state index in [1.165, 1.54) is 6.20 Å². The summed E-state index contributed by atoms with van der Waals surface area (Å²) in [7, 11) is 0. The monoisotopic (exact) mass is 316 g/mol. The largest absolute Gasteiger partial charge is 0.477 e. The molecule has 2 N–H and O–H groups in total. The molecule has 0 atom stereocenters. The lowest BCUT2D eigenvalue weighted by atomic mass is 9.98. The smallest absolute Gasteiger partial charge is 0.341 e. The van der Waals surface area contributed by atoms with E-state index in [1.807, 2.05) is 17.6 Å². The molecule has 1 aliphatic heterocycles. The van der Waals surface area contributed by atoms with Crippen LogP contribution in [-0.4, -0.2) is 35.4 Å². The van der Waals surface area contributed by atoms with Crippen molar-refractivity contribution in [1.29, 1.82) is 0 Å². The number of aromatic carboxylic acids is 1. The van der Waals surface area contributed by atoms with Gasteiger partial charge >= 0.3 is 5.97 Å². The lowest BCUT2D eigenvalue weighted by Crippen LogP contribution is -2.22. The van der Waals surface area contributed by atoms with Crippen molar-refractivity contribution in [2.75, 3.05) is 25.1 Å². The minimum atomic E-state index is -1.18. The summed E-state index contributed by atoms with van der Waals surface area (Å²) in [6.07, 6.45) is 3.30. The summed E-state index contributed by atoms with van der Waals surface area (Å²) in [4.78, 5) is 23.8. The summed E-state index contributed by atoms with van der Waals surface area (Å²) < 4.78 is 7.19.